The number of hydrogen-bond acceptors (Lipinski definition) is 2. The Morgan fingerprint density at radius 1 is 1.55 bits per heavy atom. The molecule has 0 aromatic heterocycles. The molecule has 0 saturated heterocycles. The van der Waals surface area contributed by atoms with Crippen molar-refractivity contribution in [2.24, 2.45) is 5.92 Å². The number of allylic oxidation sites excluding steroid dienone is 1. The lowest BCUT2D eigenvalue weighted by Gasteiger charge is -2.15. The van der Waals surface area contributed by atoms with Gasteiger partial charge in [0.05, 0.1) is 17.2 Å². The zero-order valence-corrected chi connectivity index (χ0v) is 7.30. The van der Waals surface area contributed by atoms with E-state index in [0.29, 0.717) is 0 Å². The molecular formula is C8H11NOS. The summed E-state index contributed by atoms with van der Waals surface area (Å²) in [4.78, 5) is 0. The molecular weight excluding hydrogens is 158 g/mol. The molecule has 0 aromatic rings. The molecule has 1 aliphatic rings. The highest BCUT2D eigenvalue weighted by Gasteiger charge is 2.17. The molecule has 60 valence electrons. The van der Waals surface area contributed by atoms with E-state index in [1.54, 1.807) is 6.26 Å². The van der Waals surface area contributed by atoms with Crippen LogP contribution >= 0.6 is 0 Å². The molecule has 0 saturated carbocycles. The van der Waals surface area contributed by atoms with Crippen LogP contribution < -0.4 is 0 Å². The second kappa shape index (κ2) is 3.68. The summed E-state index contributed by atoms with van der Waals surface area (Å²) >= 11 is 0. The lowest BCUT2D eigenvalue weighted by molar-refractivity contribution is 0.626. The van der Waals surface area contributed by atoms with Crippen molar-refractivity contribution in [2.45, 2.75) is 18.1 Å². The second-order valence-electron chi connectivity index (χ2n) is 2.73. The molecule has 3 atom stereocenters. The Morgan fingerprint density at radius 2 is 2.27 bits per heavy atom. The Balaban J connectivity index is 2.57. The van der Waals surface area contributed by atoms with Gasteiger partial charge in [-0.1, -0.05) is 12.2 Å². The van der Waals surface area contributed by atoms with Crippen molar-refractivity contribution < 1.29 is 4.21 Å². The fourth-order valence-electron chi connectivity index (χ4n) is 1.18. The third-order valence-corrected chi connectivity index (χ3v) is 3.16. The van der Waals surface area contributed by atoms with Crippen molar-refractivity contribution in [2.75, 3.05) is 6.26 Å². The summed E-state index contributed by atoms with van der Waals surface area (Å²) in [6.07, 6.45) is 7.24. The predicted molar refractivity (Wildman–Crippen MR) is 45.3 cm³/mol. The lowest BCUT2D eigenvalue weighted by atomic mass is 9.97. The smallest absolute Gasteiger partial charge is 0.0697 e. The van der Waals surface area contributed by atoms with E-state index >= 15 is 0 Å². The van der Waals surface area contributed by atoms with Gasteiger partial charge >= 0.3 is 0 Å². The van der Waals surface area contributed by atoms with E-state index in [1.165, 1.54) is 0 Å². The van der Waals surface area contributed by atoms with Crippen LogP contribution in [0.15, 0.2) is 12.2 Å². The minimum atomic E-state index is -0.765. The van der Waals surface area contributed by atoms with E-state index in [1.807, 2.05) is 12.2 Å². The summed E-state index contributed by atoms with van der Waals surface area (Å²) in [5.41, 5.74) is 0. The zero-order valence-electron chi connectivity index (χ0n) is 6.49. The molecule has 0 radical (unpaired) electrons. The minimum Gasteiger partial charge on any atom is -0.259 e. The van der Waals surface area contributed by atoms with Crippen molar-refractivity contribution >= 4 is 10.8 Å². The van der Waals surface area contributed by atoms with Crippen LogP contribution in [-0.2, 0) is 10.8 Å². The van der Waals surface area contributed by atoms with Crippen LogP contribution in [0.4, 0.5) is 0 Å². The van der Waals surface area contributed by atoms with E-state index in [4.69, 9.17) is 5.26 Å². The summed E-state index contributed by atoms with van der Waals surface area (Å²) < 4.78 is 11.0. The Kier molecular flexibility index (Phi) is 2.84. The van der Waals surface area contributed by atoms with Gasteiger partial charge in [0.1, 0.15) is 0 Å². The molecule has 2 nitrogen and oxygen atoms in total. The van der Waals surface area contributed by atoms with E-state index in [2.05, 4.69) is 6.07 Å². The van der Waals surface area contributed by atoms with Gasteiger partial charge in [0.25, 0.3) is 0 Å². The standard InChI is InChI=1S/C8H11NOS/c1-11(10)8-4-2-7(6-9)3-5-8/h2,4,7-8H,3,5H2,1H3. The molecule has 0 bridgehead atoms. The first-order chi connectivity index (χ1) is 5.24. The van der Waals surface area contributed by atoms with Crippen LogP contribution in [0.1, 0.15) is 12.8 Å². The first kappa shape index (κ1) is 8.48. The van der Waals surface area contributed by atoms with E-state index in [0.717, 1.165) is 12.8 Å². The number of hydrogen-bond donors (Lipinski definition) is 0. The van der Waals surface area contributed by atoms with Crippen molar-refractivity contribution in [3.05, 3.63) is 12.2 Å². The molecule has 11 heavy (non-hydrogen) atoms. The van der Waals surface area contributed by atoms with Crippen LogP contribution in [0.3, 0.4) is 0 Å². The van der Waals surface area contributed by atoms with Crippen molar-refractivity contribution in [3.8, 4) is 6.07 Å². The van der Waals surface area contributed by atoms with Crippen LogP contribution in [-0.4, -0.2) is 15.7 Å². The van der Waals surface area contributed by atoms with E-state index < -0.39 is 10.8 Å². The maximum Gasteiger partial charge on any atom is 0.0697 e. The Hall–Kier alpha value is -0.620. The average Bonchev–Trinajstić information content (AvgIpc) is 2.05. The highest BCUT2D eigenvalue weighted by Crippen LogP contribution is 2.19. The van der Waals surface area contributed by atoms with Crippen LogP contribution in [0.2, 0.25) is 0 Å². The highest BCUT2D eigenvalue weighted by molar-refractivity contribution is 7.85. The zero-order chi connectivity index (χ0) is 8.27. The monoisotopic (exact) mass is 169 g/mol. The van der Waals surface area contributed by atoms with Crippen molar-refractivity contribution in [1.29, 1.82) is 5.26 Å². The summed E-state index contributed by atoms with van der Waals surface area (Å²) in [6.45, 7) is 0. The SMILES string of the molecule is CS(=O)C1C=CC(C#N)CC1. The third-order valence-electron chi connectivity index (χ3n) is 1.91. The Labute approximate surface area is 69.4 Å². The van der Waals surface area contributed by atoms with Gasteiger partial charge in [-0.2, -0.15) is 5.26 Å². The number of nitrogens with zero attached hydrogens (tertiary/aromatic N) is 1. The summed E-state index contributed by atoms with van der Waals surface area (Å²) in [5, 5.41) is 8.72. The quantitative estimate of drug-likeness (QED) is 0.554. The fraction of sp³-hybridized carbons (Fsp3) is 0.625. The first-order valence-electron chi connectivity index (χ1n) is 3.64. The molecule has 3 heteroatoms. The maximum absolute atomic E-state index is 11.0. The molecule has 0 spiro atoms. The van der Waals surface area contributed by atoms with Crippen LogP contribution in [0, 0.1) is 17.2 Å². The van der Waals surface area contributed by atoms with E-state index in [-0.39, 0.29) is 11.2 Å². The summed E-state index contributed by atoms with van der Waals surface area (Å²) in [7, 11) is -0.765. The molecule has 0 amide bonds. The average molecular weight is 169 g/mol. The van der Waals surface area contributed by atoms with Crippen molar-refractivity contribution in [3.63, 3.8) is 0 Å². The maximum atomic E-state index is 11.0. The topological polar surface area (TPSA) is 40.9 Å². The molecule has 0 fully saturated rings. The van der Waals surface area contributed by atoms with Gasteiger partial charge < -0.3 is 0 Å². The van der Waals surface area contributed by atoms with Crippen molar-refractivity contribution in [1.82, 2.24) is 0 Å². The number of nitriles is 1. The molecule has 0 heterocycles. The molecule has 3 unspecified atom stereocenters. The van der Waals surface area contributed by atoms with Gasteiger partial charge in [0.2, 0.25) is 0 Å². The van der Waals surface area contributed by atoms with Crippen LogP contribution in [0.5, 0.6) is 0 Å². The van der Waals surface area contributed by atoms with E-state index in [9.17, 15) is 4.21 Å². The predicted octanol–water partition coefficient (Wildman–Crippen LogP) is 1.22. The summed E-state index contributed by atoms with van der Waals surface area (Å²) in [6, 6.07) is 2.18. The fourth-order valence-corrected chi connectivity index (χ4v) is 1.96. The molecule has 1 aliphatic carbocycles. The molecule has 0 N–H and O–H groups in total. The normalized spacial score (nSPS) is 32.7. The Bertz CT molecular complexity index is 229. The number of rotatable bonds is 1. The molecule has 0 aliphatic heterocycles. The Morgan fingerprint density at radius 3 is 2.64 bits per heavy atom. The second-order valence-corrected chi connectivity index (χ2v) is 4.34. The van der Waals surface area contributed by atoms with Gasteiger partial charge in [0, 0.05) is 17.1 Å². The van der Waals surface area contributed by atoms with Gasteiger partial charge in [-0.3, -0.25) is 4.21 Å². The van der Waals surface area contributed by atoms with Gasteiger partial charge in [-0.15, -0.1) is 0 Å². The van der Waals surface area contributed by atoms with Gasteiger partial charge in [0.15, 0.2) is 0 Å². The van der Waals surface area contributed by atoms with Gasteiger partial charge in [-0.25, -0.2) is 0 Å². The highest BCUT2D eigenvalue weighted by atomic mass is 32.2. The molecule has 1 rings (SSSR count). The third kappa shape index (κ3) is 2.16. The molecule has 0 aromatic carbocycles. The minimum absolute atomic E-state index is 0.0507. The lowest BCUT2D eigenvalue weighted by Crippen LogP contribution is -2.16. The summed E-state index contributed by atoms with van der Waals surface area (Å²) in [5.74, 6) is 0.0507. The van der Waals surface area contributed by atoms with Gasteiger partial charge in [-0.05, 0) is 12.8 Å². The largest absolute Gasteiger partial charge is 0.259 e. The first-order valence-corrected chi connectivity index (χ1v) is 5.26. The van der Waals surface area contributed by atoms with Crippen LogP contribution in [0.25, 0.3) is 0 Å².